The third-order valence-electron chi connectivity index (χ3n) is 2.94. The lowest BCUT2D eigenvalue weighted by atomic mass is 9.99. The third kappa shape index (κ3) is 1.86. The number of aromatic nitrogens is 2. The molecule has 1 aliphatic rings. The second-order valence-electron chi connectivity index (χ2n) is 4.13. The molecule has 3 nitrogen and oxygen atoms in total. The Labute approximate surface area is 85.2 Å². The van der Waals surface area contributed by atoms with Gasteiger partial charge in [0.2, 0.25) is 0 Å². The van der Waals surface area contributed by atoms with E-state index in [-0.39, 0.29) is 0 Å². The van der Waals surface area contributed by atoms with Gasteiger partial charge in [-0.05, 0) is 25.7 Å². The van der Waals surface area contributed by atoms with Gasteiger partial charge in [0.1, 0.15) is 5.82 Å². The monoisotopic (exact) mass is 191 g/mol. The van der Waals surface area contributed by atoms with Crippen molar-refractivity contribution >= 4 is 5.82 Å². The maximum absolute atomic E-state index is 4.39. The number of aryl methyl sites for hydroxylation is 1. The molecule has 0 spiro atoms. The highest BCUT2D eigenvalue weighted by molar-refractivity contribution is 5.42. The van der Waals surface area contributed by atoms with Crippen LogP contribution in [-0.4, -0.2) is 23.1 Å². The Morgan fingerprint density at radius 1 is 1.21 bits per heavy atom. The van der Waals surface area contributed by atoms with Crippen molar-refractivity contribution in [2.75, 3.05) is 18.0 Å². The summed E-state index contributed by atoms with van der Waals surface area (Å²) >= 11 is 0. The van der Waals surface area contributed by atoms with Crippen LogP contribution in [0.3, 0.4) is 0 Å². The lowest BCUT2D eigenvalue weighted by molar-refractivity contribution is 0.436. The second-order valence-corrected chi connectivity index (χ2v) is 4.13. The largest absolute Gasteiger partial charge is 0.355 e. The first-order chi connectivity index (χ1) is 6.77. The summed E-state index contributed by atoms with van der Waals surface area (Å²) < 4.78 is 0. The minimum absolute atomic E-state index is 0.864. The Bertz CT molecular complexity index is 303. The number of anilines is 1. The van der Waals surface area contributed by atoms with Crippen LogP contribution in [0.2, 0.25) is 0 Å². The molecular formula is C11H17N3. The van der Waals surface area contributed by atoms with E-state index in [1.807, 2.05) is 6.92 Å². The molecule has 1 aliphatic heterocycles. The first-order valence-corrected chi connectivity index (χ1v) is 5.30. The summed E-state index contributed by atoms with van der Waals surface area (Å²) in [5.41, 5.74) is 1.04. The van der Waals surface area contributed by atoms with Gasteiger partial charge in [0.15, 0.2) is 0 Å². The average Bonchev–Trinajstić information content (AvgIpc) is 2.20. The number of rotatable bonds is 1. The SMILES string of the molecule is Cc1nccnc1N1CCC(C)CC1. The molecule has 1 aromatic rings. The van der Waals surface area contributed by atoms with Crippen molar-refractivity contribution in [3.63, 3.8) is 0 Å². The zero-order valence-corrected chi connectivity index (χ0v) is 8.90. The topological polar surface area (TPSA) is 29.0 Å². The van der Waals surface area contributed by atoms with Crippen LogP contribution in [0, 0.1) is 12.8 Å². The van der Waals surface area contributed by atoms with Gasteiger partial charge >= 0.3 is 0 Å². The first kappa shape index (κ1) is 9.44. The molecule has 0 bridgehead atoms. The fourth-order valence-corrected chi connectivity index (χ4v) is 1.93. The number of nitrogens with zero attached hydrogens (tertiary/aromatic N) is 3. The Balaban J connectivity index is 2.12. The van der Waals surface area contributed by atoms with E-state index in [0.717, 1.165) is 30.5 Å². The summed E-state index contributed by atoms with van der Waals surface area (Å²) in [5, 5.41) is 0. The zero-order valence-electron chi connectivity index (χ0n) is 8.90. The molecule has 0 N–H and O–H groups in total. The quantitative estimate of drug-likeness (QED) is 0.680. The maximum Gasteiger partial charge on any atom is 0.150 e. The molecule has 0 aromatic carbocycles. The molecule has 0 radical (unpaired) electrons. The number of piperidine rings is 1. The van der Waals surface area contributed by atoms with Crippen LogP contribution < -0.4 is 4.90 Å². The molecule has 76 valence electrons. The van der Waals surface area contributed by atoms with Gasteiger partial charge in [-0.3, -0.25) is 4.98 Å². The lowest BCUT2D eigenvalue weighted by Crippen LogP contribution is -2.34. The average molecular weight is 191 g/mol. The number of hydrogen-bond acceptors (Lipinski definition) is 3. The van der Waals surface area contributed by atoms with E-state index in [1.54, 1.807) is 12.4 Å². The minimum atomic E-state index is 0.864. The van der Waals surface area contributed by atoms with E-state index in [9.17, 15) is 0 Å². The van der Waals surface area contributed by atoms with Gasteiger partial charge in [-0.1, -0.05) is 6.92 Å². The molecule has 2 heterocycles. The van der Waals surface area contributed by atoms with Gasteiger partial charge in [0.25, 0.3) is 0 Å². The Hall–Kier alpha value is -1.12. The smallest absolute Gasteiger partial charge is 0.150 e. The van der Waals surface area contributed by atoms with Gasteiger partial charge in [-0.15, -0.1) is 0 Å². The highest BCUT2D eigenvalue weighted by Gasteiger charge is 2.18. The van der Waals surface area contributed by atoms with E-state index in [1.165, 1.54) is 12.8 Å². The first-order valence-electron chi connectivity index (χ1n) is 5.30. The van der Waals surface area contributed by atoms with Crippen molar-refractivity contribution in [2.45, 2.75) is 26.7 Å². The van der Waals surface area contributed by atoms with Crippen molar-refractivity contribution < 1.29 is 0 Å². The maximum atomic E-state index is 4.39. The fraction of sp³-hybridized carbons (Fsp3) is 0.636. The standard InChI is InChI=1S/C11H17N3/c1-9-3-7-14(8-4-9)11-10(2)12-5-6-13-11/h5-6,9H,3-4,7-8H2,1-2H3. The van der Waals surface area contributed by atoms with Crippen LogP contribution in [0.25, 0.3) is 0 Å². The van der Waals surface area contributed by atoms with Gasteiger partial charge in [0.05, 0.1) is 5.69 Å². The summed E-state index contributed by atoms with van der Waals surface area (Å²) in [6.45, 7) is 6.60. The summed E-state index contributed by atoms with van der Waals surface area (Å²) in [6.07, 6.45) is 6.08. The van der Waals surface area contributed by atoms with E-state index >= 15 is 0 Å². The molecule has 1 aromatic heterocycles. The van der Waals surface area contributed by atoms with E-state index in [0.29, 0.717) is 0 Å². The van der Waals surface area contributed by atoms with E-state index < -0.39 is 0 Å². The summed E-state index contributed by atoms with van der Waals surface area (Å²) in [5.74, 6) is 1.93. The Kier molecular flexibility index (Phi) is 2.66. The molecule has 0 atom stereocenters. The molecule has 0 aliphatic carbocycles. The molecule has 0 amide bonds. The summed E-state index contributed by atoms with van der Waals surface area (Å²) in [7, 11) is 0. The Morgan fingerprint density at radius 3 is 2.50 bits per heavy atom. The third-order valence-corrected chi connectivity index (χ3v) is 2.94. The van der Waals surface area contributed by atoms with Crippen molar-refractivity contribution in [2.24, 2.45) is 5.92 Å². The molecular weight excluding hydrogens is 174 g/mol. The highest BCUT2D eigenvalue weighted by atomic mass is 15.2. The molecule has 0 unspecified atom stereocenters. The summed E-state index contributed by atoms with van der Waals surface area (Å²) in [6, 6.07) is 0. The highest BCUT2D eigenvalue weighted by Crippen LogP contribution is 2.22. The number of hydrogen-bond donors (Lipinski definition) is 0. The normalized spacial score (nSPS) is 18.6. The van der Waals surface area contributed by atoms with E-state index in [4.69, 9.17) is 0 Å². The van der Waals surface area contributed by atoms with Crippen molar-refractivity contribution in [1.82, 2.24) is 9.97 Å². The van der Waals surface area contributed by atoms with Crippen LogP contribution in [0.1, 0.15) is 25.5 Å². The van der Waals surface area contributed by atoms with Gasteiger partial charge in [-0.25, -0.2) is 4.98 Å². The Morgan fingerprint density at radius 2 is 1.86 bits per heavy atom. The summed E-state index contributed by atoms with van der Waals surface area (Å²) in [4.78, 5) is 11.0. The minimum Gasteiger partial charge on any atom is -0.355 e. The molecule has 1 saturated heterocycles. The molecule has 2 rings (SSSR count). The zero-order chi connectivity index (χ0) is 9.97. The predicted molar refractivity (Wildman–Crippen MR) is 57.4 cm³/mol. The molecule has 1 fully saturated rings. The van der Waals surface area contributed by atoms with Gasteiger partial charge in [0, 0.05) is 25.5 Å². The van der Waals surface area contributed by atoms with Crippen molar-refractivity contribution in [3.8, 4) is 0 Å². The predicted octanol–water partition coefficient (Wildman–Crippen LogP) is 2.02. The molecule has 14 heavy (non-hydrogen) atoms. The molecule has 3 heteroatoms. The van der Waals surface area contributed by atoms with E-state index in [2.05, 4.69) is 21.8 Å². The molecule has 0 saturated carbocycles. The van der Waals surface area contributed by atoms with Crippen LogP contribution in [0.5, 0.6) is 0 Å². The van der Waals surface area contributed by atoms with Crippen LogP contribution in [0.4, 0.5) is 5.82 Å². The van der Waals surface area contributed by atoms with Crippen molar-refractivity contribution in [3.05, 3.63) is 18.1 Å². The van der Waals surface area contributed by atoms with Gasteiger partial charge in [-0.2, -0.15) is 0 Å². The lowest BCUT2D eigenvalue weighted by Gasteiger charge is -2.31. The van der Waals surface area contributed by atoms with Crippen molar-refractivity contribution in [1.29, 1.82) is 0 Å². The van der Waals surface area contributed by atoms with Gasteiger partial charge < -0.3 is 4.90 Å². The van der Waals surface area contributed by atoms with Crippen LogP contribution >= 0.6 is 0 Å². The second kappa shape index (κ2) is 3.95. The fourth-order valence-electron chi connectivity index (χ4n) is 1.93. The van der Waals surface area contributed by atoms with Crippen LogP contribution in [-0.2, 0) is 0 Å². The van der Waals surface area contributed by atoms with Crippen LogP contribution in [0.15, 0.2) is 12.4 Å².